The van der Waals surface area contributed by atoms with E-state index in [2.05, 4.69) is 0 Å². The molecule has 1 N–H and O–H groups in total. The highest BCUT2D eigenvalue weighted by atomic mass is 16.5. The van der Waals surface area contributed by atoms with E-state index in [1.165, 1.54) is 12.0 Å². The lowest BCUT2D eigenvalue weighted by atomic mass is 9.94. The Kier molecular flexibility index (Phi) is 6.32. The summed E-state index contributed by atoms with van der Waals surface area (Å²) >= 11 is 0. The minimum Gasteiger partial charge on any atom is -0.503 e. The van der Waals surface area contributed by atoms with Crippen LogP contribution in [0, 0.1) is 6.92 Å². The highest BCUT2D eigenvalue weighted by Crippen LogP contribution is 2.43. The summed E-state index contributed by atoms with van der Waals surface area (Å²) in [6, 6.07) is 29.8. The van der Waals surface area contributed by atoms with Gasteiger partial charge in [0.05, 0.1) is 18.7 Å². The predicted molar refractivity (Wildman–Crippen MR) is 151 cm³/mol. The van der Waals surface area contributed by atoms with Gasteiger partial charge < -0.3 is 19.0 Å². The van der Waals surface area contributed by atoms with E-state index in [4.69, 9.17) is 13.9 Å². The van der Waals surface area contributed by atoms with Crippen molar-refractivity contribution in [1.82, 2.24) is 0 Å². The van der Waals surface area contributed by atoms with Crippen LogP contribution in [0.15, 0.2) is 119 Å². The van der Waals surface area contributed by atoms with Crippen molar-refractivity contribution in [3.63, 3.8) is 0 Å². The number of ketones is 1. The van der Waals surface area contributed by atoms with Gasteiger partial charge in [-0.05, 0) is 61.0 Å². The van der Waals surface area contributed by atoms with E-state index in [0.29, 0.717) is 39.5 Å². The number of anilines is 1. The highest BCUT2D eigenvalue weighted by Gasteiger charge is 2.45. The first-order valence-corrected chi connectivity index (χ1v) is 12.7. The number of Topliss-reactive ketones (excluding diaryl/α,β-unsaturated/α-hetero) is 1. The molecule has 1 aromatic heterocycles. The molecular weight excluding hydrogens is 506 g/mol. The number of aliphatic hydroxyl groups excluding tert-OH is 1. The number of furan rings is 1. The van der Waals surface area contributed by atoms with E-state index in [-0.39, 0.29) is 11.3 Å². The first-order chi connectivity index (χ1) is 19.4. The number of methoxy groups -OCH3 is 1. The second-order valence-electron chi connectivity index (χ2n) is 9.48. The second kappa shape index (κ2) is 10.1. The standard InChI is InChI=1S/C33H25NO6/c1-20-8-6-9-21(18-20)29-28(30(35)27-19-22-10-7-13-26(38-2)32(22)40-27)31(36)33(37)34(29)23-14-16-25(17-15-23)39-24-11-4-3-5-12-24/h3-19,29,36H,1-2H3. The molecule has 1 aliphatic rings. The van der Waals surface area contributed by atoms with Crippen molar-refractivity contribution in [1.29, 1.82) is 0 Å². The van der Waals surface area contributed by atoms with Gasteiger partial charge in [0.1, 0.15) is 11.5 Å². The molecule has 7 heteroatoms. The van der Waals surface area contributed by atoms with Crippen LogP contribution in [0.1, 0.15) is 27.7 Å². The Morgan fingerprint density at radius 1 is 0.875 bits per heavy atom. The maximum Gasteiger partial charge on any atom is 0.294 e. The smallest absolute Gasteiger partial charge is 0.294 e. The van der Waals surface area contributed by atoms with Gasteiger partial charge in [-0.25, -0.2) is 0 Å². The number of aliphatic hydroxyl groups is 1. The van der Waals surface area contributed by atoms with E-state index in [1.807, 2.05) is 61.5 Å². The molecule has 0 saturated heterocycles. The van der Waals surface area contributed by atoms with Gasteiger partial charge in [-0.2, -0.15) is 0 Å². The molecule has 2 heterocycles. The van der Waals surface area contributed by atoms with Gasteiger partial charge in [0.25, 0.3) is 5.91 Å². The monoisotopic (exact) mass is 531 g/mol. The van der Waals surface area contributed by atoms with Crippen LogP contribution in [-0.2, 0) is 4.79 Å². The Hall–Kier alpha value is -5.30. The number of amides is 1. The number of benzene rings is 4. The normalized spacial score (nSPS) is 15.1. The quantitative estimate of drug-likeness (QED) is 0.221. The van der Waals surface area contributed by atoms with Gasteiger partial charge in [0.2, 0.25) is 5.78 Å². The lowest BCUT2D eigenvalue weighted by Crippen LogP contribution is -2.31. The van der Waals surface area contributed by atoms with Crippen LogP contribution in [0.25, 0.3) is 11.0 Å². The van der Waals surface area contributed by atoms with E-state index in [9.17, 15) is 14.7 Å². The number of nitrogens with zero attached hydrogens (tertiary/aromatic N) is 1. The zero-order chi connectivity index (χ0) is 27.8. The van der Waals surface area contributed by atoms with Crippen molar-refractivity contribution in [3.8, 4) is 17.2 Å². The third-order valence-corrected chi connectivity index (χ3v) is 6.86. The number of hydrogen-bond donors (Lipinski definition) is 1. The lowest BCUT2D eigenvalue weighted by molar-refractivity contribution is -0.117. The largest absolute Gasteiger partial charge is 0.503 e. The average molecular weight is 532 g/mol. The summed E-state index contributed by atoms with van der Waals surface area (Å²) in [5.41, 5.74) is 2.48. The molecule has 7 nitrogen and oxygen atoms in total. The van der Waals surface area contributed by atoms with Crippen molar-refractivity contribution in [2.24, 2.45) is 0 Å². The van der Waals surface area contributed by atoms with Crippen LogP contribution in [0.3, 0.4) is 0 Å². The zero-order valence-corrected chi connectivity index (χ0v) is 21.8. The van der Waals surface area contributed by atoms with Crippen LogP contribution in [-0.4, -0.2) is 23.9 Å². The molecule has 198 valence electrons. The van der Waals surface area contributed by atoms with Gasteiger partial charge >= 0.3 is 0 Å². The summed E-state index contributed by atoms with van der Waals surface area (Å²) in [7, 11) is 1.52. The SMILES string of the molecule is COc1cccc2cc(C(=O)C3=C(O)C(=O)N(c4ccc(Oc5ccccc5)cc4)C3c3cccc(C)c3)oc12. The molecule has 0 fully saturated rings. The summed E-state index contributed by atoms with van der Waals surface area (Å²) < 4.78 is 17.2. The Bertz CT molecular complexity index is 1770. The molecular formula is C33H25NO6. The zero-order valence-electron chi connectivity index (χ0n) is 21.8. The maximum absolute atomic E-state index is 13.9. The predicted octanol–water partition coefficient (Wildman–Crippen LogP) is 7.33. The molecule has 1 amide bonds. The number of aryl methyl sites for hydroxylation is 1. The van der Waals surface area contributed by atoms with E-state index in [1.54, 1.807) is 48.5 Å². The van der Waals surface area contributed by atoms with Crippen molar-refractivity contribution in [2.45, 2.75) is 13.0 Å². The van der Waals surface area contributed by atoms with Gasteiger partial charge in [-0.3, -0.25) is 14.5 Å². The molecule has 0 saturated carbocycles. The molecule has 1 aliphatic heterocycles. The van der Waals surface area contributed by atoms with E-state index >= 15 is 0 Å². The maximum atomic E-state index is 13.9. The Morgan fingerprint density at radius 2 is 1.60 bits per heavy atom. The first kappa shape index (κ1) is 25.0. The summed E-state index contributed by atoms with van der Waals surface area (Å²) in [6.07, 6.45) is 0. The van der Waals surface area contributed by atoms with Crippen LogP contribution >= 0.6 is 0 Å². The fourth-order valence-corrected chi connectivity index (χ4v) is 5.00. The summed E-state index contributed by atoms with van der Waals surface area (Å²) in [4.78, 5) is 28.9. The molecule has 6 rings (SSSR count). The van der Waals surface area contributed by atoms with Crippen molar-refractivity contribution in [2.75, 3.05) is 12.0 Å². The third kappa shape index (κ3) is 4.37. The van der Waals surface area contributed by atoms with Crippen LogP contribution in [0.5, 0.6) is 17.2 Å². The van der Waals surface area contributed by atoms with Gasteiger partial charge in [0, 0.05) is 11.1 Å². The van der Waals surface area contributed by atoms with Crippen molar-refractivity contribution in [3.05, 3.63) is 131 Å². The number of para-hydroxylation sites is 2. The summed E-state index contributed by atoms with van der Waals surface area (Å²) in [5.74, 6) is -0.138. The summed E-state index contributed by atoms with van der Waals surface area (Å²) in [5, 5.41) is 11.8. The number of carbonyl (C=O) groups excluding carboxylic acids is 2. The molecule has 40 heavy (non-hydrogen) atoms. The summed E-state index contributed by atoms with van der Waals surface area (Å²) in [6.45, 7) is 1.93. The molecule has 4 aromatic carbocycles. The fraction of sp³-hybridized carbons (Fsp3) is 0.0909. The van der Waals surface area contributed by atoms with Gasteiger partial charge in [-0.1, -0.05) is 60.2 Å². The second-order valence-corrected chi connectivity index (χ2v) is 9.48. The molecule has 0 spiro atoms. The van der Waals surface area contributed by atoms with E-state index in [0.717, 1.165) is 5.56 Å². The number of hydrogen-bond acceptors (Lipinski definition) is 6. The first-order valence-electron chi connectivity index (χ1n) is 12.7. The Morgan fingerprint density at radius 3 is 2.33 bits per heavy atom. The minimum atomic E-state index is -0.879. The number of fused-ring (bicyclic) bond motifs is 1. The van der Waals surface area contributed by atoms with Gasteiger partial charge in [-0.15, -0.1) is 0 Å². The molecule has 1 unspecified atom stereocenters. The van der Waals surface area contributed by atoms with Crippen LogP contribution in [0.4, 0.5) is 5.69 Å². The third-order valence-electron chi connectivity index (χ3n) is 6.86. The fourth-order valence-electron chi connectivity index (χ4n) is 5.00. The average Bonchev–Trinajstić information content (AvgIpc) is 3.53. The minimum absolute atomic E-state index is 0.0000351. The molecule has 5 aromatic rings. The number of rotatable bonds is 7. The van der Waals surface area contributed by atoms with Crippen LogP contribution in [0.2, 0.25) is 0 Å². The van der Waals surface area contributed by atoms with Gasteiger partial charge in [0.15, 0.2) is 22.9 Å². The van der Waals surface area contributed by atoms with Crippen molar-refractivity contribution >= 4 is 28.3 Å². The van der Waals surface area contributed by atoms with E-state index < -0.39 is 23.5 Å². The lowest BCUT2D eigenvalue weighted by Gasteiger charge is -2.27. The molecule has 0 aliphatic carbocycles. The molecule has 1 atom stereocenters. The van der Waals surface area contributed by atoms with Crippen LogP contribution < -0.4 is 14.4 Å². The molecule has 0 radical (unpaired) electrons. The highest BCUT2D eigenvalue weighted by molar-refractivity contribution is 6.20. The Balaban J connectivity index is 1.41. The Labute approximate surface area is 230 Å². The number of ether oxygens (including phenoxy) is 2. The number of carbonyl (C=O) groups is 2. The topological polar surface area (TPSA) is 89.2 Å². The molecule has 0 bridgehead atoms. The van der Waals surface area contributed by atoms with Crippen molar-refractivity contribution < 1.29 is 28.6 Å².